The summed E-state index contributed by atoms with van der Waals surface area (Å²) in [6, 6.07) is 14.3. The molecule has 2 nitrogen and oxygen atoms in total. The van der Waals surface area contributed by atoms with E-state index in [0.29, 0.717) is 0 Å². The van der Waals surface area contributed by atoms with Crippen molar-refractivity contribution in [2.45, 2.75) is 12.8 Å². The molecule has 0 atom stereocenters. The first-order chi connectivity index (χ1) is 9.83. The summed E-state index contributed by atoms with van der Waals surface area (Å²) in [7, 11) is 0. The third kappa shape index (κ3) is 1.74. The van der Waals surface area contributed by atoms with Gasteiger partial charge in [-0.05, 0) is 46.9 Å². The van der Waals surface area contributed by atoms with Gasteiger partial charge in [-0.3, -0.25) is 4.79 Å². The molecular formula is C17H13NOS. The number of hydrogen-bond acceptors (Lipinski definition) is 2. The third-order valence-electron chi connectivity index (χ3n) is 3.87. The maximum atomic E-state index is 12.2. The molecule has 0 spiro atoms. The molecule has 98 valence electrons. The van der Waals surface area contributed by atoms with Crippen LogP contribution in [0.2, 0.25) is 0 Å². The van der Waals surface area contributed by atoms with E-state index in [9.17, 15) is 4.79 Å². The van der Waals surface area contributed by atoms with Gasteiger partial charge in [0.05, 0.1) is 4.88 Å². The molecule has 1 aliphatic rings. The van der Waals surface area contributed by atoms with Crippen molar-refractivity contribution >= 4 is 33.7 Å². The fourth-order valence-corrected chi connectivity index (χ4v) is 3.57. The van der Waals surface area contributed by atoms with E-state index >= 15 is 0 Å². The number of amides is 1. The minimum atomic E-state index is -0.0290. The largest absolute Gasteiger partial charge is 0.321 e. The van der Waals surface area contributed by atoms with Crippen LogP contribution in [-0.2, 0) is 12.8 Å². The normalized spacial score (nSPS) is 12.8. The molecule has 4 rings (SSSR count). The van der Waals surface area contributed by atoms with E-state index in [-0.39, 0.29) is 5.91 Å². The predicted molar refractivity (Wildman–Crippen MR) is 83.6 cm³/mol. The van der Waals surface area contributed by atoms with E-state index in [1.165, 1.54) is 27.8 Å². The van der Waals surface area contributed by atoms with Crippen molar-refractivity contribution in [3.8, 4) is 0 Å². The van der Waals surface area contributed by atoms with Crippen LogP contribution < -0.4 is 5.32 Å². The van der Waals surface area contributed by atoms with Crippen molar-refractivity contribution < 1.29 is 4.79 Å². The number of carbonyl (C=O) groups is 1. The quantitative estimate of drug-likeness (QED) is 0.746. The highest BCUT2D eigenvalue weighted by Gasteiger charge is 2.17. The second-order valence-corrected chi connectivity index (χ2v) is 5.99. The lowest BCUT2D eigenvalue weighted by atomic mass is 10.0. The van der Waals surface area contributed by atoms with Crippen LogP contribution in [0.5, 0.6) is 0 Å². The molecule has 2 aromatic carbocycles. The predicted octanol–water partition coefficient (Wildman–Crippen LogP) is 4.25. The molecule has 1 aliphatic carbocycles. The molecule has 3 aromatic rings. The maximum Gasteiger partial charge on any atom is 0.265 e. The molecule has 0 bridgehead atoms. The van der Waals surface area contributed by atoms with Crippen molar-refractivity contribution in [1.82, 2.24) is 0 Å². The Balaban J connectivity index is 1.80. The van der Waals surface area contributed by atoms with E-state index in [1.54, 1.807) is 0 Å². The van der Waals surface area contributed by atoms with Gasteiger partial charge in [0.1, 0.15) is 0 Å². The minimum absolute atomic E-state index is 0.0290. The summed E-state index contributed by atoms with van der Waals surface area (Å²) < 4.78 is 0. The second kappa shape index (κ2) is 4.46. The van der Waals surface area contributed by atoms with Crippen LogP contribution in [0.1, 0.15) is 20.8 Å². The summed E-state index contributed by atoms with van der Waals surface area (Å²) >= 11 is 1.46. The molecule has 1 amide bonds. The number of thiophene rings is 1. The minimum Gasteiger partial charge on any atom is -0.321 e. The summed E-state index contributed by atoms with van der Waals surface area (Å²) in [4.78, 5) is 12.9. The molecule has 20 heavy (non-hydrogen) atoms. The zero-order valence-electron chi connectivity index (χ0n) is 10.8. The van der Waals surface area contributed by atoms with Gasteiger partial charge in [-0.25, -0.2) is 0 Å². The zero-order chi connectivity index (χ0) is 13.5. The Hall–Kier alpha value is -2.13. The van der Waals surface area contributed by atoms with Crippen LogP contribution in [0.3, 0.4) is 0 Å². The highest BCUT2D eigenvalue weighted by molar-refractivity contribution is 7.12. The van der Waals surface area contributed by atoms with E-state index in [2.05, 4.69) is 29.6 Å². The first kappa shape index (κ1) is 11.7. The highest BCUT2D eigenvalue weighted by atomic mass is 32.1. The second-order valence-electron chi connectivity index (χ2n) is 5.04. The smallest absolute Gasteiger partial charge is 0.265 e. The number of hydrogen-bond donors (Lipinski definition) is 1. The first-order valence-corrected chi connectivity index (χ1v) is 7.59. The lowest BCUT2D eigenvalue weighted by Crippen LogP contribution is -2.10. The van der Waals surface area contributed by atoms with Gasteiger partial charge < -0.3 is 5.32 Å². The van der Waals surface area contributed by atoms with Gasteiger partial charge in [0.2, 0.25) is 0 Å². The van der Waals surface area contributed by atoms with Crippen LogP contribution in [-0.4, -0.2) is 5.91 Å². The lowest BCUT2D eigenvalue weighted by Gasteiger charge is -2.09. The van der Waals surface area contributed by atoms with Crippen molar-refractivity contribution in [1.29, 1.82) is 0 Å². The lowest BCUT2D eigenvalue weighted by molar-refractivity contribution is 0.103. The number of rotatable bonds is 2. The van der Waals surface area contributed by atoms with Crippen molar-refractivity contribution in [2.24, 2.45) is 0 Å². The number of benzene rings is 2. The summed E-state index contributed by atoms with van der Waals surface area (Å²) in [6.45, 7) is 0. The Labute approximate surface area is 121 Å². The van der Waals surface area contributed by atoms with E-state index in [1.807, 2.05) is 23.6 Å². The average molecular weight is 279 g/mol. The fourth-order valence-electron chi connectivity index (χ4n) is 2.95. The maximum absolute atomic E-state index is 12.2. The molecule has 0 unspecified atom stereocenters. The van der Waals surface area contributed by atoms with Gasteiger partial charge in [-0.2, -0.15) is 0 Å². The summed E-state index contributed by atoms with van der Waals surface area (Å²) in [5, 5.41) is 7.45. The van der Waals surface area contributed by atoms with Crippen LogP contribution in [0, 0.1) is 0 Å². The molecule has 1 heterocycles. The molecule has 0 aliphatic heterocycles. The summed E-state index contributed by atoms with van der Waals surface area (Å²) in [6.07, 6.45) is 2.21. The number of anilines is 1. The molecule has 0 saturated carbocycles. The molecule has 1 aromatic heterocycles. The van der Waals surface area contributed by atoms with Crippen LogP contribution in [0.4, 0.5) is 5.69 Å². The van der Waals surface area contributed by atoms with Gasteiger partial charge in [-0.15, -0.1) is 11.3 Å². The van der Waals surface area contributed by atoms with Gasteiger partial charge in [0.15, 0.2) is 0 Å². The SMILES string of the molecule is O=C(Nc1ccc2c3c(cccc13)CC2)c1cccs1. The Morgan fingerprint density at radius 2 is 1.85 bits per heavy atom. The topological polar surface area (TPSA) is 29.1 Å². The van der Waals surface area contributed by atoms with Crippen molar-refractivity contribution in [3.63, 3.8) is 0 Å². The van der Waals surface area contributed by atoms with E-state index in [0.717, 1.165) is 28.8 Å². The Morgan fingerprint density at radius 3 is 2.65 bits per heavy atom. The Kier molecular flexibility index (Phi) is 2.60. The monoisotopic (exact) mass is 279 g/mol. The number of nitrogens with one attached hydrogen (secondary N) is 1. The number of aryl methyl sites for hydroxylation is 2. The molecule has 0 saturated heterocycles. The van der Waals surface area contributed by atoms with Gasteiger partial charge in [0.25, 0.3) is 5.91 Å². The highest BCUT2D eigenvalue weighted by Crippen LogP contribution is 2.35. The Bertz CT molecular complexity index is 795. The van der Waals surface area contributed by atoms with Crippen molar-refractivity contribution in [2.75, 3.05) is 5.32 Å². The van der Waals surface area contributed by atoms with E-state index < -0.39 is 0 Å². The van der Waals surface area contributed by atoms with Gasteiger partial charge in [-0.1, -0.05) is 30.3 Å². The summed E-state index contributed by atoms with van der Waals surface area (Å²) in [5.41, 5.74) is 3.69. The summed E-state index contributed by atoms with van der Waals surface area (Å²) in [5.74, 6) is -0.0290. The van der Waals surface area contributed by atoms with Crippen LogP contribution in [0.15, 0.2) is 47.8 Å². The standard InChI is InChI=1S/C17H13NOS/c19-17(15-5-2-10-20-15)18-14-9-8-12-7-6-11-3-1-4-13(14)16(11)12/h1-5,8-10H,6-7H2,(H,18,19). The van der Waals surface area contributed by atoms with E-state index in [4.69, 9.17) is 0 Å². The zero-order valence-corrected chi connectivity index (χ0v) is 11.7. The first-order valence-electron chi connectivity index (χ1n) is 6.71. The molecular weight excluding hydrogens is 266 g/mol. The van der Waals surface area contributed by atoms with Gasteiger partial charge >= 0.3 is 0 Å². The molecule has 0 radical (unpaired) electrons. The Morgan fingerprint density at radius 1 is 1.00 bits per heavy atom. The average Bonchev–Trinajstić information content (AvgIpc) is 3.12. The van der Waals surface area contributed by atoms with Crippen LogP contribution in [0.25, 0.3) is 10.8 Å². The third-order valence-corrected chi connectivity index (χ3v) is 4.74. The molecule has 1 N–H and O–H groups in total. The van der Waals surface area contributed by atoms with Gasteiger partial charge in [0, 0.05) is 11.1 Å². The number of carbonyl (C=O) groups excluding carboxylic acids is 1. The van der Waals surface area contributed by atoms with Crippen LogP contribution >= 0.6 is 11.3 Å². The molecule has 3 heteroatoms. The van der Waals surface area contributed by atoms with Crippen molar-refractivity contribution in [3.05, 3.63) is 63.8 Å². The fraction of sp³-hybridized carbons (Fsp3) is 0.118. The molecule has 0 fully saturated rings.